The average molecular weight is 197 g/mol. The molecule has 1 rings (SSSR count). The lowest BCUT2D eigenvalue weighted by atomic mass is 10.1. The van der Waals surface area contributed by atoms with E-state index in [2.05, 4.69) is 4.98 Å². The molecule has 0 fully saturated rings. The minimum Gasteiger partial charge on any atom is -0.478 e. The van der Waals surface area contributed by atoms with Crippen LogP contribution in [0.5, 0.6) is 0 Å². The van der Waals surface area contributed by atoms with Crippen molar-refractivity contribution in [3.8, 4) is 0 Å². The van der Waals surface area contributed by atoms with E-state index in [1.54, 1.807) is 13.8 Å². The van der Waals surface area contributed by atoms with Crippen LogP contribution in [0.15, 0.2) is 0 Å². The SMILES string of the molecule is CCc1c(C)[nH]c(C(=O)O)c1C(=O)O. The van der Waals surface area contributed by atoms with E-state index in [0.29, 0.717) is 17.7 Å². The van der Waals surface area contributed by atoms with Gasteiger partial charge in [-0.2, -0.15) is 0 Å². The molecule has 14 heavy (non-hydrogen) atoms. The van der Waals surface area contributed by atoms with E-state index in [4.69, 9.17) is 10.2 Å². The van der Waals surface area contributed by atoms with Crippen LogP contribution in [-0.4, -0.2) is 27.1 Å². The molecule has 1 aromatic rings. The molecule has 0 amide bonds. The molecular formula is C9H11NO4. The Balaban J connectivity index is 3.45. The second kappa shape index (κ2) is 3.53. The molecule has 76 valence electrons. The van der Waals surface area contributed by atoms with Crippen LogP contribution in [0.25, 0.3) is 0 Å². The highest BCUT2D eigenvalue weighted by Crippen LogP contribution is 2.19. The van der Waals surface area contributed by atoms with E-state index in [9.17, 15) is 9.59 Å². The van der Waals surface area contributed by atoms with Crippen molar-refractivity contribution in [1.82, 2.24) is 4.98 Å². The van der Waals surface area contributed by atoms with Crippen molar-refractivity contribution >= 4 is 11.9 Å². The maximum absolute atomic E-state index is 10.8. The Labute approximate surface area is 80.4 Å². The third kappa shape index (κ3) is 1.48. The molecule has 1 aromatic heterocycles. The Morgan fingerprint density at radius 2 is 1.86 bits per heavy atom. The van der Waals surface area contributed by atoms with Gasteiger partial charge >= 0.3 is 11.9 Å². The summed E-state index contributed by atoms with van der Waals surface area (Å²) < 4.78 is 0. The van der Waals surface area contributed by atoms with Crippen LogP contribution in [-0.2, 0) is 6.42 Å². The summed E-state index contributed by atoms with van der Waals surface area (Å²) in [6, 6.07) is 0. The maximum atomic E-state index is 10.8. The number of aryl methyl sites for hydroxylation is 1. The van der Waals surface area contributed by atoms with Crippen molar-refractivity contribution in [3.63, 3.8) is 0 Å². The molecule has 3 N–H and O–H groups in total. The van der Waals surface area contributed by atoms with Crippen LogP contribution >= 0.6 is 0 Å². The third-order valence-electron chi connectivity index (χ3n) is 2.10. The number of aromatic carboxylic acids is 2. The summed E-state index contributed by atoms with van der Waals surface area (Å²) in [7, 11) is 0. The molecule has 0 saturated carbocycles. The third-order valence-corrected chi connectivity index (χ3v) is 2.10. The van der Waals surface area contributed by atoms with Crippen molar-refractivity contribution in [2.75, 3.05) is 0 Å². The number of carboxylic acid groups (broad SMARTS) is 2. The Kier molecular flexibility index (Phi) is 2.60. The molecule has 0 unspecified atom stereocenters. The van der Waals surface area contributed by atoms with Crippen molar-refractivity contribution in [2.45, 2.75) is 20.3 Å². The highest BCUT2D eigenvalue weighted by Gasteiger charge is 2.23. The quantitative estimate of drug-likeness (QED) is 0.680. The number of aromatic nitrogens is 1. The predicted octanol–water partition coefficient (Wildman–Crippen LogP) is 1.28. The van der Waals surface area contributed by atoms with Gasteiger partial charge in [-0.1, -0.05) is 6.92 Å². The Bertz CT molecular complexity index is 392. The largest absolute Gasteiger partial charge is 0.478 e. The van der Waals surface area contributed by atoms with E-state index in [0.717, 1.165) is 0 Å². The number of aromatic amines is 1. The van der Waals surface area contributed by atoms with Crippen LogP contribution in [0.2, 0.25) is 0 Å². The molecule has 0 saturated heterocycles. The van der Waals surface area contributed by atoms with Gasteiger partial charge in [0, 0.05) is 5.69 Å². The van der Waals surface area contributed by atoms with Gasteiger partial charge in [-0.15, -0.1) is 0 Å². The van der Waals surface area contributed by atoms with Gasteiger partial charge in [0.2, 0.25) is 0 Å². The lowest BCUT2D eigenvalue weighted by Gasteiger charge is -1.97. The average Bonchev–Trinajstić information content (AvgIpc) is 2.42. The molecule has 5 heteroatoms. The Morgan fingerprint density at radius 1 is 1.29 bits per heavy atom. The zero-order valence-corrected chi connectivity index (χ0v) is 7.92. The number of carboxylic acids is 2. The van der Waals surface area contributed by atoms with Crippen molar-refractivity contribution in [1.29, 1.82) is 0 Å². The first-order chi connectivity index (χ1) is 6.49. The minimum atomic E-state index is -1.25. The molecule has 0 aliphatic rings. The molecule has 5 nitrogen and oxygen atoms in total. The summed E-state index contributed by atoms with van der Waals surface area (Å²) in [5.41, 5.74) is 0.779. The van der Waals surface area contributed by atoms with Gasteiger partial charge in [0.1, 0.15) is 5.69 Å². The van der Waals surface area contributed by atoms with Crippen molar-refractivity contribution in [2.24, 2.45) is 0 Å². The van der Waals surface area contributed by atoms with Crippen molar-refractivity contribution in [3.05, 3.63) is 22.5 Å². The number of carbonyl (C=O) groups is 2. The van der Waals surface area contributed by atoms with Crippen LogP contribution < -0.4 is 0 Å². The smallest absolute Gasteiger partial charge is 0.353 e. The van der Waals surface area contributed by atoms with Gasteiger partial charge in [-0.05, 0) is 18.9 Å². The zero-order chi connectivity index (χ0) is 10.9. The first-order valence-electron chi connectivity index (χ1n) is 4.17. The maximum Gasteiger partial charge on any atom is 0.353 e. The second-order valence-electron chi connectivity index (χ2n) is 2.94. The Morgan fingerprint density at radius 3 is 2.21 bits per heavy atom. The monoisotopic (exact) mass is 197 g/mol. The van der Waals surface area contributed by atoms with Gasteiger partial charge in [-0.3, -0.25) is 0 Å². The summed E-state index contributed by atoms with van der Waals surface area (Å²) in [6.07, 6.45) is 0.497. The molecule has 0 radical (unpaired) electrons. The fraction of sp³-hybridized carbons (Fsp3) is 0.333. The molecule has 0 aliphatic carbocycles. The molecule has 0 bridgehead atoms. The minimum absolute atomic E-state index is 0.127. The first-order valence-corrected chi connectivity index (χ1v) is 4.17. The van der Waals surface area contributed by atoms with Crippen molar-refractivity contribution < 1.29 is 19.8 Å². The van der Waals surface area contributed by atoms with Gasteiger partial charge in [0.05, 0.1) is 5.56 Å². The summed E-state index contributed by atoms with van der Waals surface area (Å²) in [5.74, 6) is -2.45. The van der Waals surface area contributed by atoms with Crippen LogP contribution in [0.3, 0.4) is 0 Å². The highest BCUT2D eigenvalue weighted by atomic mass is 16.4. The number of nitrogens with one attached hydrogen (secondary N) is 1. The standard InChI is InChI=1S/C9H11NO4/c1-3-5-4(2)10-7(9(13)14)6(5)8(11)12/h10H,3H2,1-2H3,(H,11,12)(H,13,14). The Hall–Kier alpha value is -1.78. The molecular weight excluding hydrogens is 186 g/mol. The molecule has 0 aliphatic heterocycles. The van der Waals surface area contributed by atoms with Gasteiger partial charge in [0.25, 0.3) is 0 Å². The summed E-state index contributed by atoms with van der Waals surface area (Å²) in [6.45, 7) is 3.45. The number of hydrogen-bond acceptors (Lipinski definition) is 2. The van der Waals surface area contributed by atoms with Crippen LogP contribution in [0.1, 0.15) is 39.0 Å². The summed E-state index contributed by atoms with van der Waals surface area (Å²) in [4.78, 5) is 24.1. The lowest BCUT2D eigenvalue weighted by molar-refractivity contribution is 0.0647. The van der Waals surface area contributed by atoms with Crippen LogP contribution in [0.4, 0.5) is 0 Å². The normalized spacial score (nSPS) is 10.1. The molecule has 0 spiro atoms. The lowest BCUT2D eigenvalue weighted by Crippen LogP contribution is -2.07. The molecule has 0 aromatic carbocycles. The fourth-order valence-corrected chi connectivity index (χ4v) is 1.50. The highest BCUT2D eigenvalue weighted by molar-refractivity contribution is 6.02. The van der Waals surface area contributed by atoms with Gasteiger partial charge in [-0.25, -0.2) is 9.59 Å². The summed E-state index contributed by atoms with van der Waals surface area (Å²) >= 11 is 0. The van der Waals surface area contributed by atoms with Gasteiger partial charge < -0.3 is 15.2 Å². The van der Waals surface area contributed by atoms with E-state index >= 15 is 0 Å². The predicted molar refractivity (Wildman–Crippen MR) is 48.8 cm³/mol. The zero-order valence-electron chi connectivity index (χ0n) is 7.92. The van der Waals surface area contributed by atoms with E-state index in [-0.39, 0.29) is 11.3 Å². The van der Waals surface area contributed by atoms with Gasteiger partial charge in [0.15, 0.2) is 0 Å². The van der Waals surface area contributed by atoms with Crippen LogP contribution in [0, 0.1) is 6.92 Å². The molecule has 1 heterocycles. The number of rotatable bonds is 3. The fourth-order valence-electron chi connectivity index (χ4n) is 1.50. The number of H-pyrrole nitrogens is 1. The second-order valence-corrected chi connectivity index (χ2v) is 2.94. The topological polar surface area (TPSA) is 90.4 Å². The van der Waals surface area contributed by atoms with E-state index in [1.165, 1.54) is 0 Å². The summed E-state index contributed by atoms with van der Waals surface area (Å²) in [5, 5.41) is 17.6. The van der Waals surface area contributed by atoms with E-state index in [1.807, 2.05) is 0 Å². The molecule has 0 atom stereocenters. The number of hydrogen-bond donors (Lipinski definition) is 3. The van der Waals surface area contributed by atoms with E-state index < -0.39 is 11.9 Å². The first kappa shape index (κ1) is 10.3.